The van der Waals surface area contributed by atoms with Crippen molar-refractivity contribution in [2.45, 2.75) is 45.6 Å². The van der Waals surface area contributed by atoms with Crippen LogP contribution in [0.15, 0.2) is 0 Å². The number of carbonyl (C=O) groups excluding carboxylic acids is 1. The minimum Gasteiger partial charge on any atom is -0.341 e. The van der Waals surface area contributed by atoms with E-state index >= 15 is 0 Å². The summed E-state index contributed by atoms with van der Waals surface area (Å²) in [7, 11) is 2.19. The fourth-order valence-corrected chi connectivity index (χ4v) is 3.18. The molecule has 1 N–H and O–H groups in total. The monoisotopic (exact) mass is 267 g/mol. The van der Waals surface area contributed by atoms with Crippen LogP contribution in [0, 0.1) is 5.41 Å². The Bertz CT molecular complexity index is 311. The van der Waals surface area contributed by atoms with Gasteiger partial charge in [-0.05, 0) is 57.8 Å². The summed E-state index contributed by atoms with van der Waals surface area (Å²) >= 11 is 0. The van der Waals surface area contributed by atoms with Crippen LogP contribution in [-0.4, -0.2) is 61.5 Å². The lowest BCUT2D eigenvalue weighted by molar-refractivity contribution is -0.131. The van der Waals surface area contributed by atoms with Crippen molar-refractivity contribution in [3.8, 4) is 0 Å². The zero-order valence-electron chi connectivity index (χ0n) is 12.7. The molecule has 2 fully saturated rings. The van der Waals surface area contributed by atoms with E-state index < -0.39 is 0 Å². The molecule has 1 atom stereocenters. The predicted molar refractivity (Wildman–Crippen MR) is 78.1 cm³/mol. The second kappa shape index (κ2) is 6.23. The molecule has 0 aromatic heterocycles. The molecular formula is C15H29N3O. The average Bonchev–Trinajstić information content (AvgIpc) is 2.72. The summed E-state index contributed by atoms with van der Waals surface area (Å²) in [6.45, 7) is 9.65. The first-order valence-electron chi connectivity index (χ1n) is 7.75. The van der Waals surface area contributed by atoms with E-state index in [9.17, 15) is 4.79 Å². The highest BCUT2D eigenvalue weighted by atomic mass is 16.2. The van der Waals surface area contributed by atoms with Crippen LogP contribution in [0.4, 0.5) is 0 Å². The van der Waals surface area contributed by atoms with Gasteiger partial charge in [0.05, 0.1) is 6.04 Å². The number of likely N-dealkylation sites (tertiary alicyclic amines) is 2. The fraction of sp³-hybridized carbons (Fsp3) is 0.933. The second-order valence-corrected chi connectivity index (χ2v) is 6.67. The number of nitrogens with zero attached hydrogens (tertiary/aromatic N) is 2. The summed E-state index contributed by atoms with van der Waals surface area (Å²) in [4.78, 5) is 16.8. The Morgan fingerprint density at radius 3 is 2.63 bits per heavy atom. The molecule has 0 saturated carbocycles. The van der Waals surface area contributed by atoms with E-state index in [2.05, 4.69) is 36.0 Å². The van der Waals surface area contributed by atoms with Crippen molar-refractivity contribution in [3.05, 3.63) is 0 Å². The highest BCUT2D eigenvalue weighted by Crippen LogP contribution is 2.32. The lowest BCUT2D eigenvalue weighted by Crippen LogP contribution is -2.46. The molecule has 0 aromatic rings. The predicted octanol–water partition coefficient (Wildman–Crippen LogP) is 1.32. The molecule has 2 rings (SSSR count). The standard InChI is InChI=1S/C15H29N3O/c1-4-8-16-13-5-9-18(14(13)19)12-15(2)6-10-17(3)11-7-15/h13,16H,4-12H2,1-3H3. The van der Waals surface area contributed by atoms with Gasteiger partial charge in [-0.15, -0.1) is 0 Å². The fourth-order valence-electron chi connectivity index (χ4n) is 3.18. The Morgan fingerprint density at radius 1 is 1.32 bits per heavy atom. The van der Waals surface area contributed by atoms with Crippen LogP contribution < -0.4 is 5.32 Å². The highest BCUT2D eigenvalue weighted by molar-refractivity contribution is 5.84. The molecule has 110 valence electrons. The molecule has 4 heteroatoms. The second-order valence-electron chi connectivity index (χ2n) is 6.67. The number of nitrogens with one attached hydrogen (secondary N) is 1. The Morgan fingerprint density at radius 2 is 2.00 bits per heavy atom. The summed E-state index contributed by atoms with van der Waals surface area (Å²) in [6, 6.07) is 0.0785. The van der Waals surface area contributed by atoms with Gasteiger partial charge in [0, 0.05) is 13.1 Å². The van der Waals surface area contributed by atoms with Gasteiger partial charge in [-0.25, -0.2) is 0 Å². The van der Waals surface area contributed by atoms with E-state index in [1.807, 2.05) is 0 Å². The smallest absolute Gasteiger partial charge is 0.239 e. The maximum absolute atomic E-state index is 12.3. The van der Waals surface area contributed by atoms with Crippen molar-refractivity contribution < 1.29 is 4.79 Å². The summed E-state index contributed by atoms with van der Waals surface area (Å²) in [5.74, 6) is 0.327. The largest absolute Gasteiger partial charge is 0.341 e. The molecular weight excluding hydrogens is 238 g/mol. The molecule has 1 amide bonds. The first-order valence-corrected chi connectivity index (χ1v) is 7.75. The first-order chi connectivity index (χ1) is 9.04. The van der Waals surface area contributed by atoms with Gasteiger partial charge in [0.25, 0.3) is 0 Å². The van der Waals surface area contributed by atoms with Crippen molar-refractivity contribution in [1.82, 2.24) is 15.1 Å². The van der Waals surface area contributed by atoms with Crippen LogP contribution >= 0.6 is 0 Å². The van der Waals surface area contributed by atoms with Crippen LogP contribution in [0.25, 0.3) is 0 Å². The summed E-state index contributed by atoms with van der Waals surface area (Å²) in [5.41, 5.74) is 0.321. The summed E-state index contributed by atoms with van der Waals surface area (Å²) < 4.78 is 0. The van der Waals surface area contributed by atoms with Crippen LogP contribution in [-0.2, 0) is 4.79 Å². The zero-order chi connectivity index (χ0) is 13.9. The van der Waals surface area contributed by atoms with E-state index in [0.29, 0.717) is 11.3 Å². The third kappa shape index (κ3) is 3.69. The van der Waals surface area contributed by atoms with Gasteiger partial charge < -0.3 is 15.1 Å². The maximum atomic E-state index is 12.3. The number of hydrogen-bond donors (Lipinski definition) is 1. The van der Waals surface area contributed by atoms with Gasteiger partial charge in [0.2, 0.25) is 5.91 Å². The van der Waals surface area contributed by atoms with Gasteiger partial charge in [-0.2, -0.15) is 0 Å². The lowest BCUT2D eigenvalue weighted by atomic mass is 9.80. The number of hydrogen-bond acceptors (Lipinski definition) is 3. The number of carbonyl (C=O) groups is 1. The normalized spacial score (nSPS) is 28.1. The molecule has 0 spiro atoms. The molecule has 1 unspecified atom stereocenters. The minimum absolute atomic E-state index is 0.0785. The molecule has 2 heterocycles. The molecule has 0 radical (unpaired) electrons. The van der Waals surface area contributed by atoms with Crippen LogP contribution in [0.2, 0.25) is 0 Å². The Hall–Kier alpha value is -0.610. The van der Waals surface area contributed by atoms with Gasteiger partial charge in [0.15, 0.2) is 0 Å². The van der Waals surface area contributed by atoms with Crippen LogP contribution in [0.3, 0.4) is 0 Å². The zero-order valence-corrected chi connectivity index (χ0v) is 12.7. The van der Waals surface area contributed by atoms with E-state index in [4.69, 9.17) is 0 Å². The molecule has 4 nitrogen and oxygen atoms in total. The van der Waals surface area contributed by atoms with Crippen LogP contribution in [0.5, 0.6) is 0 Å². The topological polar surface area (TPSA) is 35.6 Å². The molecule has 2 aliphatic heterocycles. The van der Waals surface area contributed by atoms with Crippen molar-refractivity contribution in [3.63, 3.8) is 0 Å². The number of piperidine rings is 1. The third-order valence-corrected chi connectivity index (χ3v) is 4.70. The maximum Gasteiger partial charge on any atom is 0.239 e. The van der Waals surface area contributed by atoms with Gasteiger partial charge in [0.1, 0.15) is 0 Å². The molecule has 2 aliphatic rings. The SMILES string of the molecule is CCCNC1CCN(CC2(C)CCN(C)CC2)C1=O. The number of amides is 1. The van der Waals surface area contributed by atoms with E-state index in [-0.39, 0.29) is 6.04 Å². The highest BCUT2D eigenvalue weighted by Gasteiger charge is 2.37. The molecule has 0 aliphatic carbocycles. The van der Waals surface area contributed by atoms with Crippen LogP contribution in [0.1, 0.15) is 39.5 Å². The Labute approximate surface area is 117 Å². The Balaban J connectivity index is 1.84. The molecule has 19 heavy (non-hydrogen) atoms. The van der Waals surface area contributed by atoms with Gasteiger partial charge in [-0.3, -0.25) is 4.79 Å². The number of rotatable bonds is 5. The molecule has 2 saturated heterocycles. The molecule has 0 aromatic carbocycles. The van der Waals surface area contributed by atoms with Crippen molar-refractivity contribution >= 4 is 5.91 Å². The summed E-state index contributed by atoms with van der Waals surface area (Å²) in [5, 5.41) is 3.37. The molecule has 0 bridgehead atoms. The van der Waals surface area contributed by atoms with E-state index in [1.54, 1.807) is 0 Å². The summed E-state index contributed by atoms with van der Waals surface area (Å²) in [6.07, 6.45) is 4.49. The average molecular weight is 267 g/mol. The quantitative estimate of drug-likeness (QED) is 0.816. The lowest BCUT2D eigenvalue weighted by Gasteiger charge is -2.40. The van der Waals surface area contributed by atoms with Gasteiger partial charge in [-0.1, -0.05) is 13.8 Å². The van der Waals surface area contributed by atoms with Crippen molar-refractivity contribution in [1.29, 1.82) is 0 Å². The third-order valence-electron chi connectivity index (χ3n) is 4.70. The van der Waals surface area contributed by atoms with Gasteiger partial charge >= 0.3 is 0 Å². The van der Waals surface area contributed by atoms with Crippen molar-refractivity contribution in [2.75, 3.05) is 39.8 Å². The minimum atomic E-state index is 0.0785. The van der Waals surface area contributed by atoms with E-state index in [0.717, 1.165) is 45.6 Å². The van der Waals surface area contributed by atoms with E-state index in [1.165, 1.54) is 12.8 Å². The van der Waals surface area contributed by atoms with Crippen molar-refractivity contribution in [2.24, 2.45) is 5.41 Å². The Kier molecular flexibility index (Phi) is 4.85. The first kappa shape index (κ1) is 14.8.